The highest BCUT2D eigenvalue weighted by Gasteiger charge is 2.38. The van der Waals surface area contributed by atoms with Crippen molar-refractivity contribution in [2.45, 2.75) is 49.1 Å². The Morgan fingerprint density at radius 3 is 2.71 bits per heavy atom. The average Bonchev–Trinajstić information content (AvgIpc) is 3.45. The van der Waals surface area contributed by atoms with Gasteiger partial charge in [0.05, 0.1) is 17.6 Å². The number of aromatic nitrogens is 2. The number of anilines is 2. The monoisotopic (exact) mass is 507 g/mol. The average molecular weight is 508 g/mol. The summed E-state index contributed by atoms with van der Waals surface area (Å²) in [6, 6.07) is 4.51. The van der Waals surface area contributed by atoms with Crippen LogP contribution >= 0.6 is 0 Å². The number of fused-ring (bicyclic) bond motifs is 1. The highest BCUT2D eigenvalue weighted by molar-refractivity contribution is 7.91. The molecule has 0 amide bonds. The minimum atomic E-state index is -3.44. The molecule has 1 aromatic carbocycles. The molecule has 3 heterocycles. The molecule has 1 aromatic heterocycles. The molecule has 2 aromatic rings. The van der Waals surface area contributed by atoms with E-state index in [1.165, 1.54) is 6.07 Å². The van der Waals surface area contributed by atoms with Gasteiger partial charge in [0.25, 0.3) is 0 Å². The van der Waals surface area contributed by atoms with Crippen molar-refractivity contribution < 1.29 is 21.9 Å². The van der Waals surface area contributed by atoms with Gasteiger partial charge in [-0.2, -0.15) is 4.98 Å². The second kappa shape index (κ2) is 9.94. The van der Waals surface area contributed by atoms with Gasteiger partial charge in [-0.15, -0.1) is 0 Å². The second-order valence-corrected chi connectivity index (χ2v) is 11.4. The largest absolute Gasteiger partial charge is 0.380 e. The molecule has 1 aliphatic carbocycles. The van der Waals surface area contributed by atoms with E-state index < -0.39 is 21.5 Å². The maximum Gasteiger partial charge on any atom is 0.224 e. The lowest BCUT2D eigenvalue weighted by Crippen LogP contribution is -2.53. The molecule has 0 bridgehead atoms. The Kier molecular flexibility index (Phi) is 6.91. The van der Waals surface area contributed by atoms with E-state index in [2.05, 4.69) is 20.2 Å². The van der Waals surface area contributed by atoms with E-state index in [1.807, 2.05) is 4.90 Å². The summed E-state index contributed by atoms with van der Waals surface area (Å²) in [6.07, 6.45) is 4.21. The van der Waals surface area contributed by atoms with Crippen LogP contribution in [0.1, 0.15) is 30.5 Å². The van der Waals surface area contributed by atoms with E-state index in [1.54, 1.807) is 13.2 Å². The third-order valence-corrected chi connectivity index (χ3v) is 9.13. The predicted octanol–water partition coefficient (Wildman–Crippen LogP) is 2.43. The Bertz CT molecular complexity index is 1190. The minimum absolute atomic E-state index is 0.0273. The van der Waals surface area contributed by atoms with Gasteiger partial charge in [0, 0.05) is 52.3 Å². The first-order chi connectivity index (χ1) is 16.9. The van der Waals surface area contributed by atoms with Gasteiger partial charge in [0.2, 0.25) is 5.95 Å². The first-order valence-electron chi connectivity index (χ1n) is 12.2. The summed E-state index contributed by atoms with van der Waals surface area (Å²) in [5.41, 5.74) is 0.783. The molecular formula is C24H31F2N5O3S. The predicted molar refractivity (Wildman–Crippen MR) is 129 cm³/mol. The maximum absolute atomic E-state index is 14.0. The molecule has 35 heavy (non-hydrogen) atoms. The van der Waals surface area contributed by atoms with Gasteiger partial charge in [0.15, 0.2) is 27.3 Å². The molecule has 2 aliphatic heterocycles. The molecule has 0 spiro atoms. The second-order valence-electron chi connectivity index (χ2n) is 9.40. The molecule has 1 N–H and O–H groups in total. The Labute approximate surface area is 204 Å². The summed E-state index contributed by atoms with van der Waals surface area (Å²) in [5.74, 6) is -0.949. The van der Waals surface area contributed by atoms with Crippen molar-refractivity contribution in [1.82, 2.24) is 14.9 Å². The van der Waals surface area contributed by atoms with Crippen molar-refractivity contribution in [2.75, 3.05) is 55.8 Å². The fourth-order valence-corrected chi connectivity index (χ4v) is 7.14. The van der Waals surface area contributed by atoms with Crippen LogP contribution in [0, 0.1) is 11.6 Å². The van der Waals surface area contributed by atoms with Crippen LogP contribution in [0.4, 0.5) is 20.5 Å². The van der Waals surface area contributed by atoms with Crippen LogP contribution in [0.3, 0.4) is 0 Å². The quantitative estimate of drug-likeness (QED) is 0.612. The zero-order valence-corrected chi connectivity index (χ0v) is 20.7. The van der Waals surface area contributed by atoms with Crippen LogP contribution in [0.25, 0.3) is 0 Å². The van der Waals surface area contributed by atoms with Crippen molar-refractivity contribution in [3.05, 3.63) is 41.1 Å². The van der Waals surface area contributed by atoms with Crippen LogP contribution in [0.5, 0.6) is 0 Å². The van der Waals surface area contributed by atoms with E-state index >= 15 is 0 Å². The first kappa shape index (κ1) is 24.3. The minimum Gasteiger partial charge on any atom is -0.380 e. The van der Waals surface area contributed by atoms with Crippen LogP contribution in [-0.2, 0) is 27.4 Å². The standard InChI is InChI=1S/C24H31F2N5O3S/c1-34-20-7-3-6-19(20)30-11-13-31(14-12-30)23-22-18(9-15-35(22,32)33)28-24(29-23)27-10-8-16-4-2-5-17(25)21(16)26/h2,4-5,19-20H,3,6-15H2,1H3,(H,27,28,29)/t19-,20-/m1/s1. The van der Waals surface area contributed by atoms with E-state index in [0.717, 1.165) is 38.4 Å². The normalized spacial score (nSPS) is 24.0. The van der Waals surface area contributed by atoms with Crippen LogP contribution < -0.4 is 10.2 Å². The number of benzene rings is 1. The molecule has 5 rings (SSSR count). The molecule has 2 atom stereocenters. The fourth-order valence-electron chi connectivity index (χ4n) is 5.51. The third kappa shape index (κ3) is 4.85. The summed E-state index contributed by atoms with van der Waals surface area (Å²) in [6.45, 7) is 3.24. The van der Waals surface area contributed by atoms with Crippen molar-refractivity contribution >= 4 is 21.6 Å². The molecule has 11 heteroatoms. The Morgan fingerprint density at radius 2 is 1.94 bits per heavy atom. The van der Waals surface area contributed by atoms with Gasteiger partial charge in [-0.3, -0.25) is 4.90 Å². The molecular weight excluding hydrogens is 476 g/mol. The molecule has 0 radical (unpaired) electrons. The Hall–Kier alpha value is -2.37. The van der Waals surface area contributed by atoms with E-state index in [-0.39, 0.29) is 28.7 Å². The number of piperazine rings is 1. The van der Waals surface area contributed by atoms with Crippen LogP contribution in [0.15, 0.2) is 23.1 Å². The highest BCUT2D eigenvalue weighted by Crippen LogP contribution is 2.35. The van der Waals surface area contributed by atoms with Gasteiger partial charge in [0.1, 0.15) is 4.90 Å². The SMILES string of the molecule is CO[C@@H]1CCC[C@H]1N1CCN(c2nc(NCCc3cccc(F)c3F)nc3c2S(=O)(=O)CC3)CC1. The summed E-state index contributed by atoms with van der Waals surface area (Å²) in [5, 5.41) is 3.08. The van der Waals surface area contributed by atoms with Gasteiger partial charge < -0.3 is 15.0 Å². The number of nitrogens with zero attached hydrogens (tertiary/aromatic N) is 4. The summed E-state index contributed by atoms with van der Waals surface area (Å²) in [7, 11) is -1.67. The smallest absolute Gasteiger partial charge is 0.224 e. The van der Waals surface area contributed by atoms with Gasteiger partial charge in [-0.05, 0) is 37.3 Å². The zero-order valence-electron chi connectivity index (χ0n) is 19.8. The van der Waals surface area contributed by atoms with Crippen LogP contribution in [-0.4, -0.2) is 81.0 Å². The number of methoxy groups -OCH3 is 1. The highest BCUT2D eigenvalue weighted by atomic mass is 32.2. The van der Waals surface area contributed by atoms with Crippen LogP contribution in [0.2, 0.25) is 0 Å². The topological polar surface area (TPSA) is 87.7 Å². The lowest BCUT2D eigenvalue weighted by Gasteiger charge is -2.40. The zero-order chi connectivity index (χ0) is 24.6. The summed E-state index contributed by atoms with van der Waals surface area (Å²) < 4.78 is 58.8. The summed E-state index contributed by atoms with van der Waals surface area (Å²) >= 11 is 0. The molecule has 3 aliphatic rings. The number of hydrogen-bond donors (Lipinski definition) is 1. The Balaban J connectivity index is 1.32. The number of ether oxygens (including phenoxy) is 1. The molecule has 190 valence electrons. The van der Waals surface area contributed by atoms with Crippen molar-refractivity contribution in [3.63, 3.8) is 0 Å². The summed E-state index contributed by atoms with van der Waals surface area (Å²) in [4.78, 5) is 13.8. The molecule has 8 nitrogen and oxygen atoms in total. The molecule has 1 saturated carbocycles. The van der Waals surface area contributed by atoms with E-state index in [0.29, 0.717) is 49.6 Å². The maximum atomic E-state index is 14.0. The van der Waals surface area contributed by atoms with Crippen molar-refractivity contribution in [2.24, 2.45) is 0 Å². The Morgan fingerprint density at radius 1 is 1.14 bits per heavy atom. The number of sulfone groups is 1. The molecule has 2 fully saturated rings. The lowest BCUT2D eigenvalue weighted by atomic mass is 10.1. The number of nitrogens with one attached hydrogen (secondary N) is 1. The molecule has 1 saturated heterocycles. The van der Waals surface area contributed by atoms with E-state index in [4.69, 9.17) is 4.74 Å². The van der Waals surface area contributed by atoms with E-state index in [9.17, 15) is 17.2 Å². The van der Waals surface area contributed by atoms with Gasteiger partial charge in [-0.25, -0.2) is 22.2 Å². The van der Waals surface area contributed by atoms with Crippen molar-refractivity contribution in [1.29, 1.82) is 0 Å². The third-order valence-electron chi connectivity index (χ3n) is 7.35. The fraction of sp³-hybridized carbons (Fsp3) is 0.583. The van der Waals surface area contributed by atoms with Gasteiger partial charge >= 0.3 is 0 Å². The number of hydrogen-bond acceptors (Lipinski definition) is 8. The number of aryl methyl sites for hydroxylation is 1. The number of rotatable bonds is 7. The molecule has 0 unspecified atom stereocenters. The lowest BCUT2D eigenvalue weighted by molar-refractivity contribution is 0.0305. The van der Waals surface area contributed by atoms with Crippen molar-refractivity contribution in [3.8, 4) is 0 Å². The number of halogens is 2. The van der Waals surface area contributed by atoms with Gasteiger partial charge in [-0.1, -0.05) is 12.1 Å². The first-order valence-corrected chi connectivity index (χ1v) is 13.8.